The van der Waals surface area contributed by atoms with E-state index in [0.29, 0.717) is 45.8 Å². The van der Waals surface area contributed by atoms with Crippen molar-refractivity contribution in [3.05, 3.63) is 94.0 Å². The maximum absolute atomic E-state index is 12.5. The highest BCUT2D eigenvalue weighted by molar-refractivity contribution is 5.94. The molecular weight excluding hydrogens is 512 g/mol. The number of nitrogens with zero attached hydrogens (tertiary/aromatic N) is 2. The SMILES string of the molecule is CCOC(=O)c1ccc(NC(=O)COc2ccc(C=C(C#N)c3nc4ccccc4c(=O)[nH]3)cc2OCC)cc1. The number of rotatable bonds is 10. The quantitative estimate of drug-likeness (QED) is 0.221. The molecule has 4 rings (SSSR count). The van der Waals surface area contributed by atoms with Crippen molar-refractivity contribution in [3.63, 3.8) is 0 Å². The lowest BCUT2D eigenvalue weighted by Gasteiger charge is -2.13. The summed E-state index contributed by atoms with van der Waals surface area (Å²) < 4.78 is 16.3. The second kappa shape index (κ2) is 12.9. The van der Waals surface area contributed by atoms with Gasteiger partial charge in [0, 0.05) is 5.69 Å². The van der Waals surface area contributed by atoms with Crippen LogP contribution in [0.1, 0.15) is 35.6 Å². The summed E-state index contributed by atoms with van der Waals surface area (Å²) in [6.07, 6.45) is 1.58. The second-order valence-electron chi connectivity index (χ2n) is 8.38. The van der Waals surface area contributed by atoms with Gasteiger partial charge in [-0.3, -0.25) is 9.59 Å². The zero-order chi connectivity index (χ0) is 28.5. The molecule has 40 heavy (non-hydrogen) atoms. The number of para-hydroxylation sites is 1. The number of nitriles is 1. The Morgan fingerprint density at radius 3 is 2.50 bits per heavy atom. The molecule has 10 nitrogen and oxygen atoms in total. The van der Waals surface area contributed by atoms with Gasteiger partial charge in [-0.25, -0.2) is 9.78 Å². The monoisotopic (exact) mass is 538 g/mol. The molecule has 0 radical (unpaired) electrons. The summed E-state index contributed by atoms with van der Waals surface area (Å²) in [5.41, 5.74) is 1.79. The molecule has 0 unspecified atom stereocenters. The fourth-order valence-corrected chi connectivity index (χ4v) is 3.78. The number of anilines is 1. The minimum atomic E-state index is -0.436. The van der Waals surface area contributed by atoms with E-state index in [4.69, 9.17) is 14.2 Å². The standard InChI is InChI=1S/C30H26N4O6/c1-3-38-26-16-19(15-21(17-31)28-33-24-8-6-5-7-23(24)29(36)34-28)9-14-25(26)40-18-27(35)32-22-12-10-20(11-13-22)30(37)39-4-2/h5-16H,3-4,18H2,1-2H3,(H,32,35)(H,33,34,36). The topological polar surface area (TPSA) is 143 Å². The Hall–Kier alpha value is -5.43. The molecule has 0 bridgehead atoms. The van der Waals surface area contributed by atoms with Gasteiger partial charge >= 0.3 is 5.97 Å². The van der Waals surface area contributed by atoms with E-state index in [0.717, 1.165) is 0 Å². The number of carbonyl (C=O) groups excluding carboxylic acids is 2. The number of aromatic nitrogens is 2. The molecular formula is C30H26N4O6. The number of hydrogen-bond donors (Lipinski definition) is 2. The van der Waals surface area contributed by atoms with Crippen molar-refractivity contribution in [2.75, 3.05) is 25.1 Å². The number of allylic oxidation sites excluding steroid dienone is 1. The molecule has 3 aromatic carbocycles. The predicted molar refractivity (Wildman–Crippen MR) is 150 cm³/mol. The van der Waals surface area contributed by atoms with Crippen LogP contribution in [0.15, 0.2) is 71.5 Å². The fraction of sp³-hybridized carbons (Fsp3) is 0.167. The molecule has 1 amide bonds. The molecule has 1 heterocycles. The van der Waals surface area contributed by atoms with E-state index in [2.05, 4.69) is 21.4 Å². The molecule has 0 aliphatic carbocycles. The zero-order valence-electron chi connectivity index (χ0n) is 21.9. The Balaban J connectivity index is 1.47. The minimum Gasteiger partial charge on any atom is -0.490 e. The third-order valence-corrected chi connectivity index (χ3v) is 5.61. The van der Waals surface area contributed by atoms with E-state index in [1.54, 1.807) is 79.7 Å². The largest absolute Gasteiger partial charge is 0.490 e. The van der Waals surface area contributed by atoms with E-state index >= 15 is 0 Å². The van der Waals surface area contributed by atoms with E-state index < -0.39 is 11.9 Å². The van der Waals surface area contributed by atoms with Gasteiger partial charge in [-0.2, -0.15) is 5.26 Å². The first-order valence-electron chi connectivity index (χ1n) is 12.5. The third-order valence-electron chi connectivity index (χ3n) is 5.61. The number of hydrogen-bond acceptors (Lipinski definition) is 8. The van der Waals surface area contributed by atoms with E-state index in [-0.39, 0.29) is 30.2 Å². The van der Waals surface area contributed by atoms with Crippen LogP contribution in [0.25, 0.3) is 22.6 Å². The Morgan fingerprint density at radius 2 is 1.77 bits per heavy atom. The molecule has 10 heteroatoms. The van der Waals surface area contributed by atoms with Crippen LogP contribution in [0.5, 0.6) is 11.5 Å². The molecule has 0 spiro atoms. The van der Waals surface area contributed by atoms with Gasteiger partial charge in [0.1, 0.15) is 6.07 Å². The first kappa shape index (κ1) is 27.6. The Morgan fingerprint density at radius 1 is 1.00 bits per heavy atom. The molecule has 0 aliphatic heterocycles. The molecule has 2 N–H and O–H groups in total. The number of H-pyrrole nitrogens is 1. The number of aromatic amines is 1. The van der Waals surface area contributed by atoms with Crippen molar-refractivity contribution in [3.8, 4) is 17.6 Å². The van der Waals surface area contributed by atoms with Crippen LogP contribution in [0.4, 0.5) is 5.69 Å². The van der Waals surface area contributed by atoms with Crippen molar-refractivity contribution in [2.24, 2.45) is 0 Å². The Labute approximate surface area is 229 Å². The smallest absolute Gasteiger partial charge is 0.338 e. The van der Waals surface area contributed by atoms with Crippen LogP contribution in [-0.2, 0) is 9.53 Å². The molecule has 202 valence electrons. The minimum absolute atomic E-state index is 0.149. The molecule has 4 aromatic rings. The fourth-order valence-electron chi connectivity index (χ4n) is 3.78. The lowest BCUT2D eigenvalue weighted by atomic mass is 10.1. The predicted octanol–water partition coefficient (Wildman–Crippen LogP) is 4.58. The maximum Gasteiger partial charge on any atom is 0.338 e. The highest BCUT2D eigenvalue weighted by Gasteiger charge is 2.13. The van der Waals surface area contributed by atoms with E-state index in [9.17, 15) is 19.6 Å². The normalized spacial score (nSPS) is 11.0. The molecule has 0 saturated heterocycles. The molecule has 0 atom stereocenters. The van der Waals surface area contributed by atoms with Gasteiger partial charge in [-0.1, -0.05) is 18.2 Å². The summed E-state index contributed by atoms with van der Waals surface area (Å²) in [7, 11) is 0. The van der Waals surface area contributed by atoms with E-state index in [1.165, 1.54) is 0 Å². The lowest BCUT2D eigenvalue weighted by Crippen LogP contribution is -2.20. The number of nitrogens with one attached hydrogen (secondary N) is 2. The Bertz CT molecular complexity index is 1670. The molecule has 0 saturated carbocycles. The van der Waals surface area contributed by atoms with Gasteiger partial charge in [-0.05, 0) is 74.0 Å². The number of fused-ring (bicyclic) bond motifs is 1. The van der Waals surface area contributed by atoms with Crippen molar-refractivity contribution in [2.45, 2.75) is 13.8 Å². The van der Waals surface area contributed by atoms with Crippen LogP contribution in [0.2, 0.25) is 0 Å². The van der Waals surface area contributed by atoms with Crippen molar-refractivity contribution >= 4 is 40.1 Å². The van der Waals surface area contributed by atoms with Crippen LogP contribution < -0.4 is 20.3 Å². The van der Waals surface area contributed by atoms with Gasteiger partial charge in [0.2, 0.25) is 0 Å². The summed E-state index contributed by atoms with van der Waals surface area (Å²) >= 11 is 0. The van der Waals surface area contributed by atoms with Crippen molar-refractivity contribution in [1.82, 2.24) is 9.97 Å². The number of esters is 1. The van der Waals surface area contributed by atoms with Crippen molar-refractivity contribution in [1.29, 1.82) is 5.26 Å². The van der Waals surface area contributed by atoms with Crippen LogP contribution in [-0.4, -0.2) is 41.7 Å². The maximum atomic E-state index is 12.5. The molecule has 0 aliphatic rings. The first-order chi connectivity index (χ1) is 19.4. The highest BCUT2D eigenvalue weighted by Crippen LogP contribution is 2.30. The average Bonchev–Trinajstić information content (AvgIpc) is 2.96. The number of carbonyl (C=O) groups is 2. The number of ether oxygens (including phenoxy) is 3. The van der Waals surface area contributed by atoms with Crippen LogP contribution in [0, 0.1) is 11.3 Å². The summed E-state index contributed by atoms with van der Waals surface area (Å²) in [4.78, 5) is 43.8. The van der Waals surface area contributed by atoms with Gasteiger partial charge in [0.25, 0.3) is 11.5 Å². The summed E-state index contributed by atoms with van der Waals surface area (Å²) in [5.74, 6) is 0.0154. The third kappa shape index (κ3) is 6.71. The first-order valence-corrected chi connectivity index (χ1v) is 12.5. The zero-order valence-corrected chi connectivity index (χ0v) is 21.9. The number of benzene rings is 3. The molecule has 1 aromatic heterocycles. The average molecular weight is 539 g/mol. The molecule has 0 fully saturated rings. The Kier molecular flexibility index (Phi) is 8.89. The lowest BCUT2D eigenvalue weighted by molar-refractivity contribution is -0.118. The van der Waals surface area contributed by atoms with Crippen molar-refractivity contribution < 1.29 is 23.8 Å². The summed E-state index contributed by atoms with van der Waals surface area (Å²) in [6, 6.07) is 20.3. The van der Waals surface area contributed by atoms with Gasteiger partial charge in [0.15, 0.2) is 23.9 Å². The highest BCUT2D eigenvalue weighted by atomic mass is 16.5. The van der Waals surface area contributed by atoms with E-state index in [1.807, 2.05) is 6.92 Å². The van der Waals surface area contributed by atoms with Gasteiger partial charge < -0.3 is 24.5 Å². The van der Waals surface area contributed by atoms with Crippen LogP contribution >= 0.6 is 0 Å². The second-order valence-corrected chi connectivity index (χ2v) is 8.38. The van der Waals surface area contributed by atoms with Gasteiger partial charge in [0.05, 0.1) is 35.3 Å². The summed E-state index contributed by atoms with van der Waals surface area (Å²) in [5, 5.41) is 12.9. The van der Waals surface area contributed by atoms with Crippen LogP contribution in [0.3, 0.4) is 0 Å². The number of amides is 1. The van der Waals surface area contributed by atoms with Gasteiger partial charge in [-0.15, -0.1) is 0 Å². The summed E-state index contributed by atoms with van der Waals surface area (Å²) in [6.45, 7) is 3.86.